The first kappa shape index (κ1) is 27.0. The highest BCUT2D eigenvalue weighted by molar-refractivity contribution is 5.19. The number of benzene rings is 1. The molecule has 3 nitrogen and oxygen atoms in total. The molecule has 0 aliphatic carbocycles. The lowest BCUT2D eigenvalue weighted by Gasteiger charge is -2.40. The van der Waals surface area contributed by atoms with Gasteiger partial charge in [0.1, 0.15) is 0 Å². The van der Waals surface area contributed by atoms with E-state index in [1.54, 1.807) is 0 Å². The first-order valence-corrected chi connectivity index (χ1v) is 11.7. The average molecular weight is 426 g/mol. The van der Waals surface area contributed by atoms with Crippen molar-refractivity contribution in [2.24, 2.45) is 23.5 Å². The molecular formula is C28H47N3. The Labute approximate surface area is 192 Å². The van der Waals surface area contributed by atoms with Gasteiger partial charge in [-0.15, -0.1) is 6.58 Å². The van der Waals surface area contributed by atoms with Gasteiger partial charge in [-0.2, -0.15) is 0 Å². The normalized spacial score (nSPS) is 15.3. The van der Waals surface area contributed by atoms with Crippen LogP contribution in [-0.4, -0.2) is 30.1 Å². The molecule has 0 fully saturated rings. The molecular weight excluding hydrogens is 378 g/mol. The minimum atomic E-state index is -0.0182. The van der Waals surface area contributed by atoms with Gasteiger partial charge in [-0.3, -0.25) is 0 Å². The highest BCUT2D eigenvalue weighted by Crippen LogP contribution is 2.24. The summed E-state index contributed by atoms with van der Waals surface area (Å²) in [6.45, 7) is 26.2. The van der Waals surface area contributed by atoms with Crippen LogP contribution in [-0.2, 0) is 6.42 Å². The van der Waals surface area contributed by atoms with Crippen LogP contribution < -0.4 is 11.1 Å². The molecule has 4 unspecified atom stereocenters. The lowest BCUT2D eigenvalue weighted by Crippen LogP contribution is -2.51. The van der Waals surface area contributed by atoms with Crippen molar-refractivity contribution in [1.29, 1.82) is 0 Å². The second-order valence-electron chi connectivity index (χ2n) is 10.1. The number of likely N-dealkylation sites (N-methyl/N-ethyl adjacent to an activating group) is 1. The summed E-state index contributed by atoms with van der Waals surface area (Å²) >= 11 is 0. The van der Waals surface area contributed by atoms with Crippen LogP contribution in [0.4, 0.5) is 0 Å². The number of nitrogens with two attached hydrogens (primary N) is 1. The van der Waals surface area contributed by atoms with Gasteiger partial charge < -0.3 is 16.0 Å². The summed E-state index contributed by atoms with van der Waals surface area (Å²) in [5.41, 5.74) is 11.3. The zero-order chi connectivity index (χ0) is 23.7. The second-order valence-corrected chi connectivity index (χ2v) is 10.1. The van der Waals surface area contributed by atoms with Crippen LogP contribution in [0.3, 0.4) is 0 Å². The highest BCUT2D eigenvalue weighted by atomic mass is 15.2. The summed E-state index contributed by atoms with van der Waals surface area (Å²) in [6.07, 6.45) is 2.80. The Kier molecular flexibility index (Phi) is 11.1. The molecule has 1 aromatic carbocycles. The van der Waals surface area contributed by atoms with Gasteiger partial charge in [0.15, 0.2) is 0 Å². The van der Waals surface area contributed by atoms with Crippen molar-refractivity contribution in [2.45, 2.75) is 78.9 Å². The lowest BCUT2D eigenvalue weighted by molar-refractivity contribution is 0.228. The lowest BCUT2D eigenvalue weighted by atomic mass is 9.91. The number of hydrogen-bond acceptors (Lipinski definition) is 3. The quantitative estimate of drug-likeness (QED) is 0.351. The van der Waals surface area contributed by atoms with Gasteiger partial charge in [0.2, 0.25) is 0 Å². The number of nitrogens with zero attached hydrogens (tertiary/aromatic N) is 1. The molecule has 0 amide bonds. The fourth-order valence-corrected chi connectivity index (χ4v) is 4.23. The molecule has 0 bridgehead atoms. The van der Waals surface area contributed by atoms with Crippen molar-refractivity contribution in [3.05, 3.63) is 72.6 Å². The van der Waals surface area contributed by atoms with E-state index in [9.17, 15) is 0 Å². The maximum absolute atomic E-state index is 6.70. The molecule has 1 rings (SSSR count). The van der Waals surface area contributed by atoms with Crippen LogP contribution in [0.5, 0.6) is 0 Å². The first-order valence-electron chi connectivity index (χ1n) is 11.7. The van der Waals surface area contributed by atoms with Gasteiger partial charge in [-0.1, -0.05) is 83.7 Å². The highest BCUT2D eigenvalue weighted by Gasteiger charge is 2.29. The predicted octanol–water partition coefficient (Wildman–Crippen LogP) is 6.15. The summed E-state index contributed by atoms with van der Waals surface area (Å²) < 4.78 is 0. The van der Waals surface area contributed by atoms with Crippen LogP contribution in [0.25, 0.3) is 0 Å². The van der Waals surface area contributed by atoms with Crippen molar-refractivity contribution in [3.63, 3.8) is 0 Å². The second kappa shape index (κ2) is 12.8. The van der Waals surface area contributed by atoms with Crippen molar-refractivity contribution >= 4 is 0 Å². The van der Waals surface area contributed by atoms with Crippen LogP contribution >= 0.6 is 0 Å². The van der Waals surface area contributed by atoms with Gasteiger partial charge >= 0.3 is 0 Å². The predicted molar refractivity (Wildman–Crippen MR) is 138 cm³/mol. The molecule has 4 atom stereocenters. The van der Waals surface area contributed by atoms with Crippen LogP contribution in [0.15, 0.2) is 67.0 Å². The Bertz CT molecular complexity index is 704. The standard InChI is InChI=1S/C28H47N3/c1-19(2)16-22(7)23(8)30-28(21(5)6)24(9)31(10)27(26(29)17-20(3)4)18-25-14-12-11-13-15-25/h11-15,19,21-22,26-28,30H,3,8-9,16-18,29H2,1-2,4-7,10H3. The van der Waals surface area contributed by atoms with E-state index in [1.165, 1.54) is 5.56 Å². The third-order valence-corrected chi connectivity index (χ3v) is 6.10. The van der Waals surface area contributed by atoms with Crippen molar-refractivity contribution < 1.29 is 0 Å². The minimum absolute atomic E-state index is 0.0182. The minimum Gasteiger partial charge on any atom is -0.380 e. The summed E-state index contributed by atoms with van der Waals surface area (Å²) in [7, 11) is 2.13. The molecule has 0 aliphatic rings. The van der Waals surface area contributed by atoms with Crippen molar-refractivity contribution in [3.8, 4) is 0 Å². The molecule has 0 radical (unpaired) electrons. The first-order chi connectivity index (χ1) is 14.4. The van der Waals surface area contributed by atoms with E-state index >= 15 is 0 Å². The Morgan fingerprint density at radius 3 is 2.10 bits per heavy atom. The fourth-order valence-electron chi connectivity index (χ4n) is 4.23. The van der Waals surface area contributed by atoms with E-state index < -0.39 is 0 Å². The zero-order valence-electron chi connectivity index (χ0n) is 21.1. The fraction of sp³-hybridized carbons (Fsp3) is 0.571. The van der Waals surface area contributed by atoms with E-state index in [1.807, 2.05) is 6.92 Å². The Morgan fingerprint density at radius 2 is 1.61 bits per heavy atom. The van der Waals surface area contributed by atoms with Gasteiger partial charge in [-0.05, 0) is 49.5 Å². The SMILES string of the molecule is C=C(C)CC(N)C(Cc1ccccc1)N(C)C(=C)C(NC(=C)C(C)CC(C)C)C(C)C. The maximum Gasteiger partial charge on any atom is 0.0675 e. The molecule has 31 heavy (non-hydrogen) atoms. The molecule has 3 N–H and O–H groups in total. The summed E-state index contributed by atoms with van der Waals surface area (Å²) in [5.74, 6) is 1.45. The number of rotatable bonds is 14. The van der Waals surface area contributed by atoms with Gasteiger partial charge in [0, 0.05) is 30.5 Å². The molecule has 0 aliphatic heterocycles. The van der Waals surface area contributed by atoms with E-state index in [0.29, 0.717) is 17.8 Å². The zero-order valence-corrected chi connectivity index (χ0v) is 21.1. The van der Waals surface area contributed by atoms with Crippen LogP contribution in [0.2, 0.25) is 0 Å². The molecule has 0 aromatic heterocycles. The number of allylic oxidation sites excluding steroid dienone is 1. The molecule has 0 heterocycles. The van der Waals surface area contributed by atoms with Gasteiger partial charge in [0.25, 0.3) is 0 Å². The third kappa shape index (κ3) is 8.95. The number of hydrogen-bond donors (Lipinski definition) is 2. The molecule has 3 heteroatoms. The Morgan fingerprint density at radius 1 is 1.03 bits per heavy atom. The van der Waals surface area contributed by atoms with E-state index in [-0.39, 0.29) is 18.1 Å². The molecule has 174 valence electrons. The molecule has 0 saturated heterocycles. The average Bonchev–Trinajstić information content (AvgIpc) is 2.68. The van der Waals surface area contributed by atoms with Crippen LogP contribution in [0.1, 0.15) is 59.9 Å². The monoisotopic (exact) mass is 425 g/mol. The Balaban J connectivity index is 3.07. The smallest absolute Gasteiger partial charge is 0.0675 e. The van der Waals surface area contributed by atoms with E-state index in [0.717, 1.165) is 36.2 Å². The maximum atomic E-state index is 6.70. The molecule has 0 spiro atoms. The third-order valence-electron chi connectivity index (χ3n) is 6.10. The van der Waals surface area contributed by atoms with Crippen molar-refractivity contribution in [1.82, 2.24) is 10.2 Å². The summed E-state index contributed by atoms with van der Waals surface area (Å²) in [5, 5.41) is 3.71. The van der Waals surface area contributed by atoms with E-state index in [2.05, 4.69) is 102 Å². The van der Waals surface area contributed by atoms with Gasteiger partial charge in [-0.25, -0.2) is 0 Å². The van der Waals surface area contributed by atoms with Crippen LogP contribution in [0, 0.1) is 17.8 Å². The summed E-state index contributed by atoms with van der Waals surface area (Å²) in [6, 6.07) is 10.8. The largest absolute Gasteiger partial charge is 0.380 e. The summed E-state index contributed by atoms with van der Waals surface area (Å²) in [4.78, 5) is 2.29. The topological polar surface area (TPSA) is 41.3 Å². The van der Waals surface area contributed by atoms with Gasteiger partial charge in [0.05, 0.1) is 6.04 Å². The Hall–Kier alpha value is -2.00. The van der Waals surface area contributed by atoms with E-state index in [4.69, 9.17) is 5.73 Å². The molecule has 1 aromatic rings. The number of nitrogens with one attached hydrogen (secondary N) is 1. The van der Waals surface area contributed by atoms with Crippen molar-refractivity contribution in [2.75, 3.05) is 7.05 Å². The molecule has 0 saturated carbocycles.